The van der Waals surface area contributed by atoms with Crippen molar-refractivity contribution in [1.82, 2.24) is 15.3 Å². The maximum Gasteiger partial charge on any atom is 0.271 e. The standard InChI is InChI=1S/C16H12Cl2N4O4/c17-9-1-4-14(11(18)5-9)26-8-16(23)19-7-15-20-12-3-2-10(22(24)25)6-13(12)21-15/h1-6H,7-8H2,(H,19,23)(H,20,21). The van der Waals surface area contributed by atoms with Crippen LogP contribution in [-0.4, -0.2) is 27.4 Å². The highest BCUT2D eigenvalue weighted by molar-refractivity contribution is 6.35. The first-order chi connectivity index (χ1) is 12.4. The number of nitrogens with one attached hydrogen (secondary N) is 2. The topological polar surface area (TPSA) is 110 Å². The molecular weight excluding hydrogens is 383 g/mol. The summed E-state index contributed by atoms with van der Waals surface area (Å²) in [6.07, 6.45) is 0. The molecule has 134 valence electrons. The highest BCUT2D eigenvalue weighted by Gasteiger charge is 2.11. The van der Waals surface area contributed by atoms with Crippen molar-refractivity contribution in [3.8, 4) is 5.75 Å². The van der Waals surface area contributed by atoms with Gasteiger partial charge in [-0.1, -0.05) is 23.2 Å². The van der Waals surface area contributed by atoms with Crippen molar-refractivity contribution in [2.45, 2.75) is 6.54 Å². The van der Waals surface area contributed by atoms with E-state index in [0.29, 0.717) is 32.7 Å². The van der Waals surface area contributed by atoms with Crippen LogP contribution in [0.25, 0.3) is 11.0 Å². The fraction of sp³-hybridized carbons (Fsp3) is 0.125. The molecule has 2 N–H and O–H groups in total. The first-order valence-electron chi connectivity index (χ1n) is 7.40. The van der Waals surface area contributed by atoms with Crippen molar-refractivity contribution in [1.29, 1.82) is 0 Å². The zero-order valence-electron chi connectivity index (χ0n) is 13.2. The fourth-order valence-electron chi connectivity index (χ4n) is 2.22. The van der Waals surface area contributed by atoms with Gasteiger partial charge in [0.05, 0.1) is 27.5 Å². The summed E-state index contributed by atoms with van der Waals surface area (Å²) in [5.74, 6) is 0.447. The molecule has 2 aromatic carbocycles. The quantitative estimate of drug-likeness (QED) is 0.491. The number of H-pyrrole nitrogens is 1. The van der Waals surface area contributed by atoms with Gasteiger partial charge in [-0.05, 0) is 24.3 Å². The normalized spacial score (nSPS) is 10.7. The number of carbonyl (C=O) groups is 1. The van der Waals surface area contributed by atoms with Gasteiger partial charge in [0.2, 0.25) is 0 Å². The number of amides is 1. The van der Waals surface area contributed by atoms with Gasteiger partial charge in [-0.3, -0.25) is 14.9 Å². The number of imidazole rings is 1. The van der Waals surface area contributed by atoms with Crippen LogP contribution >= 0.6 is 23.2 Å². The number of rotatable bonds is 6. The number of benzene rings is 2. The molecule has 26 heavy (non-hydrogen) atoms. The number of hydrogen-bond donors (Lipinski definition) is 2. The Balaban J connectivity index is 1.57. The lowest BCUT2D eigenvalue weighted by molar-refractivity contribution is -0.384. The van der Waals surface area contributed by atoms with Crippen molar-refractivity contribution >= 4 is 45.8 Å². The summed E-state index contributed by atoms with van der Waals surface area (Å²) < 4.78 is 5.33. The summed E-state index contributed by atoms with van der Waals surface area (Å²) in [5.41, 5.74) is 1.06. The van der Waals surface area contributed by atoms with Crippen molar-refractivity contribution in [3.63, 3.8) is 0 Å². The van der Waals surface area contributed by atoms with E-state index in [2.05, 4.69) is 15.3 Å². The molecule has 1 aromatic heterocycles. The summed E-state index contributed by atoms with van der Waals surface area (Å²) >= 11 is 11.8. The maximum atomic E-state index is 11.9. The molecule has 3 rings (SSSR count). The number of carbonyl (C=O) groups excluding carboxylic acids is 1. The molecule has 0 saturated heterocycles. The molecule has 10 heteroatoms. The molecule has 0 radical (unpaired) electrons. The number of nitrogens with zero attached hydrogens (tertiary/aromatic N) is 2. The number of ether oxygens (including phenoxy) is 1. The Morgan fingerprint density at radius 2 is 2.08 bits per heavy atom. The van der Waals surface area contributed by atoms with E-state index in [0.717, 1.165) is 0 Å². The molecule has 0 aliphatic carbocycles. The van der Waals surface area contributed by atoms with Crippen LogP contribution in [0.2, 0.25) is 10.0 Å². The van der Waals surface area contributed by atoms with Crippen LogP contribution in [0, 0.1) is 10.1 Å². The Morgan fingerprint density at radius 1 is 1.27 bits per heavy atom. The summed E-state index contributed by atoms with van der Waals surface area (Å²) in [5, 5.41) is 14.2. The first kappa shape index (κ1) is 18.0. The van der Waals surface area contributed by atoms with Gasteiger partial charge in [0, 0.05) is 17.2 Å². The van der Waals surface area contributed by atoms with E-state index in [9.17, 15) is 14.9 Å². The summed E-state index contributed by atoms with van der Waals surface area (Å²) in [6.45, 7) is -0.105. The van der Waals surface area contributed by atoms with E-state index in [1.165, 1.54) is 18.2 Å². The zero-order chi connectivity index (χ0) is 18.7. The Bertz CT molecular complexity index is 990. The second kappa shape index (κ2) is 7.59. The minimum Gasteiger partial charge on any atom is -0.482 e. The maximum absolute atomic E-state index is 11.9. The van der Waals surface area contributed by atoms with Gasteiger partial charge in [0.15, 0.2) is 6.61 Å². The third kappa shape index (κ3) is 4.22. The molecule has 1 heterocycles. The van der Waals surface area contributed by atoms with Gasteiger partial charge in [-0.2, -0.15) is 0 Å². The van der Waals surface area contributed by atoms with Gasteiger partial charge in [-0.25, -0.2) is 4.98 Å². The molecule has 0 aliphatic heterocycles. The van der Waals surface area contributed by atoms with Crippen molar-refractivity contribution in [2.75, 3.05) is 6.61 Å². The molecule has 0 spiro atoms. The molecule has 0 saturated carbocycles. The Kier molecular flexibility index (Phi) is 5.24. The van der Waals surface area contributed by atoms with Gasteiger partial charge in [-0.15, -0.1) is 0 Å². The Morgan fingerprint density at radius 3 is 2.81 bits per heavy atom. The van der Waals surface area contributed by atoms with Crippen LogP contribution in [0.15, 0.2) is 36.4 Å². The lowest BCUT2D eigenvalue weighted by atomic mass is 10.3. The van der Waals surface area contributed by atoms with E-state index < -0.39 is 4.92 Å². The van der Waals surface area contributed by atoms with Crippen LogP contribution < -0.4 is 10.1 Å². The SMILES string of the molecule is O=C(COc1ccc(Cl)cc1Cl)NCc1nc2ccc([N+](=O)[O-])cc2[nH]1. The van der Waals surface area contributed by atoms with Gasteiger partial charge in [0.1, 0.15) is 11.6 Å². The summed E-state index contributed by atoms with van der Waals surface area (Å²) in [7, 11) is 0. The minimum atomic E-state index is -0.485. The lowest BCUT2D eigenvalue weighted by Crippen LogP contribution is -2.28. The predicted molar refractivity (Wildman–Crippen MR) is 96.6 cm³/mol. The smallest absolute Gasteiger partial charge is 0.271 e. The Hall–Kier alpha value is -2.84. The first-order valence-corrected chi connectivity index (χ1v) is 8.15. The number of halogens is 2. The van der Waals surface area contributed by atoms with Crippen molar-refractivity contribution in [3.05, 3.63) is 62.4 Å². The molecular formula is C16H12Cl2N4O4. The third-order valence-electron chi connectivity index (χ3n) is 3.43. The van der Waals surface area contributed by atoms with E-state index in [4.69, 9.17) is 27.9 Å². The van der Waals surface area contributed by atoms with E-state index in [1.54, 1.807) is 18.2 Å². The largest absolute Gasteiger partial charge is 0.482 e. The zero-order valence-corrected chi connectivity index (χ0v) is 14.7. The highest BCUT2D eigenvalue weighted by Crippen LogP contribution is 2.27. The second-order valence-electron chi connectivity index (χ2n) is 5.28. The van der Waals surface area contributed by atoms with Crippen LogP contribution in [-0.2, 0) is 11.3 Å². The van der Waals surface area contributed by atoms with E-state index in [1.807, 2.05) is 0 Å². The van der Waals surface area contributed by atoms with Gasteiger partial charge >= 0.3 is 0 Å². The average Bonchev–Trinajstić information content (AvgIpc) is 3.01. The molecule has 3 aromatic rings. The number of nitro benzene ring substituents is 1. The van der Waals surface area contributed by atoms with Crippen LogP contribution in [0.5, 0.6) is 5.75 Å². The third-order valence-corrected chi connectivity index (χ3v) is 3.96. The molecule has 0 fully saturated rings. The Labute approximate surface area is 157 Å². The molecule has 0 atom stereocenters. The number of aromatic amines is 1. The predicted octanol–water partition coefficient (Wildman–Crippen LogP) is 3.47. The average molecular weight is 395 g/mol. The number of hydrogen-bond acceptors (Lipinski definition) is 5. The van der Waals surface area contributed by atoms with Crippen molar-refractivity contribution < 1.29 is 14.5 Å². The van der Waals surface area contributed by atoms with Crippen LogP contribution in [0.3, 0.4) is 0 Å². The molecule has 0 aliphatic rings. The number of non-ortho nitro benzene ring substituents is 1. The van der Waals surface area contributed by atoms with Crippen LogP contribution in [0.4, 0.5) is 5.69 Å². The fourth-order valence-corrected chi connectivity index (χ4v) is 2.68. The van der Waals surface area contributed by atoms with Gasteiger partial charge < -0.3 is 15.0 Å². The number of fused-ring (bicyclic) bond motifs is 1. The van der Waals surface area contributed by atoms with E-state index >= 15 is 0 Å². The number of aromatic nitrogens is 2. The van der Waals surface area contributed by atoms with Crippen LogP contribution in [0.1, 0.15) is 5.82 Å². The molecule has 8 nitrogen and oxygen atoms in total. The van der Waals surface area contributed by atoms with E-state index in [-0.39, 0.29) is 24.7 Å². The summed E-state index contributed by atoms with van der Waals surface area (Å²) in [4.78, 5) is 29.4. The van der Waals surface area contributed by atoms with Crippen molar-refractivity contribution in [2.24, 2.45) is 0 Å². The highest BCUT2D eigenvalue weighted by atomic mass is 35.5. The second-order valence-corrected chi connectivity index (χ2v) is 6.13. The minimum absolute atomic E-state index is 0.0371. The van der Waals surface area contributed by atoms with Gasteiger partial charge in [0.25, 0.3) is 11.6 Å². The molecule has 1 amide bonds. The molecule has 0 bridgehead atoms. The lowest BCUT2D eigenvalue weighted by Gasteiger charge is -2.08. The summed E-state index contributed by atoms with van der Waals surface area (Å²) in [6, 6.07) is 9.00. The molecule has 0 unspecified atom stereocenters. The number of nitro groups is 1. The monoisotopic (exact) mass is 394 g/mol.